The molecule has 0 amide bonds. The van der Waals surface area contributed by atoms with Crippen LogP contribution < -0.4 is 4.31 Å². The lowest BCUT2D eigenvalue weighted by Crippen LogP contribution is -2.26. The van der Waals surface area contributed by atoms with Crippen molar-refractivity contribution in [2.24, 2.45) is 0 Å². The van der Waals surface area contributed by atoms with Crippen LogP contribution in [0.4, 0.5) is 5.69 Å². The maximum absolute atomic E-state index is 13.0. The molecule has 1 heterocycles. The molecule has 146 valence electrons. The molecule has 0 aliphatic carbocycles. The fraction of sp³-hybridized carbons (Fsp3) is 0.0455. The number of furan rings is 1. The van der Waals surface area contributed by atoms with E-state index in [1.807, 2.05) is 30.3 Å². The molecule has 4 rings (SSSR count). The van der Waals surface area contributed by atoms with Crippen molar-refractivity contribution in [3.63, 3.8) is 0 Å². The van der Waals surface area contributed by atoms with E-state index in [4.69, 9.17) is 9.52 Å². The van der Waals surface area contributed by atoms with Gasteiger partial charge in [0.05, 0.1) is 10.6 Å². The van der Waals surface area contributed by atoms with Crippen LogP contribution >= 0.6 is 0 Å². The zero-order valence-electron chi connectivity index (χ0n) is 15.4. The number of hydrogen-bond acceptors (Lipinski definition) is 4. The number of anilines is 1. The Kier molecular flexibility index (Phi) is 4.60. The number of carboxylic acids is 1. The minimum Gasteiger partial charge on any atom is -0.475 e. The van der Waals surface area contributed by atoms with Gasteiger partial charge in [-0.1, -0.05) is 42.5 Å². The molecular formula is C22H17NO5S. The predicted octanol–water partition coefficient (Wildman–Crippen LogP) is 4.62. The Morgan fingerprint density at radius 2 is 1.55 bits per heavy atom. The Morgan fingerprint density at radius 3 is 2.21 bits per heavy atom. The molecule has 0 saturated heterocycles. The quantitative estimate of drug-likeness (QED) is 0.521. The molecule has 0 fully saturated rings. The summed E-state index contributed by atoms with van der Waals surface area (Å²) < 4.78 is 32.5. The van der Waals surface area contributed by atoms with E-state index in [9.17, 15) is 13.2 Å². The molecule has 4 aromatic rings. The van der Waals surface area contributed by atoms with Crippen LogP contribution in [0.1, 0.15) is 10.6 Å². The smallest absolute Gasteiger partial charge is 0.371 e. The normalized spacial score (nSPS) is 11.5. The van der Waals surface area contributed by atoms with E-state index in [1.165, 1.54) is 13.1 Å². The molecule has 0 aliphatic rings. The summed E-state index contributed by atoms with van der Waals surface area (Å²) in [4.78, 5) is 11.2. The summed E-state index contributed by atoms with van der Waals surface area (Å²) >= 11 is 0. The lowest BCUT2D eigenvalue weighted by Gasteiger charge is -2.19. The first-order chi connectivity index (χ1) is 13.9. The van der Waals surface area contributed by atoms with Gasteiger partial charge in [-0.3, -0.25) is 4.31 Å². The molecule has 0 saturated carbocycles. The highest BCUT2D eigenvalue weighted by atomic mass is 32.2. The van der Waals surface area contributed by atoms with Gasteiger partial charge in [-0.15, -0.1) is 0 Å². The summed E-state index contributed by atoms with van der Waals surface area (Å²) in [6, 6.07) is 22.5. The van der Waals surface area contributed by atoms with Gasteiger partial charge >= 0.3 is 5.97 Å². The Hall–Kier alpha value is -3.58. The van der Waals surface area contributed by atoms with Crippen LogP contribution in [0, 0.1) is 0 Å². The second kappa shape index (κ2) is 7.10. The lowest BCUT2D eigenvalue weighted by atomic mass is 10.1. The summed E-state index contributed by atoms with van der Waals surface area (Å²) in [5.41, 5.74) is 2.71. The number of benzene rings is 3. The summed E-state index contributed by atoms with van der Waals surface area (Å²) in [7, 11) is -2.32. The van der Waals surface area contributed by atoms with Crippen molar-refractivity contribution < 1.29 is 22.7 Å². The minimum absolute atomic E-state index is 0.165. The second-order valence-corrected chi connectivity index (χ2v) is 8.47. The second-order valence-electron chi connectivity index (χ2n) is 6.50. The SMILES string of the molecule is CN(c1ccc2oc(C(=O)O)cc2c1)S(=O)(=O)c1ccc(-c2ccccc2)cc1. The summed E-state index contributed by atoms with van der Waals surface area (Å²) in [5, 5.41) is 9.56. The minimum atomic E-state index is -3.78. The molecule has 1 N–H and O–H groups in total. The molecule has 0 spiro atoms. The van der Waals surface area contributed by atoms with E-state index >= 15 is 0 Å². The van der Waals surface area contributed by atoms with E-state index in [2.05, 4.69) is 0 Å². The topological polar surface area (TPSA) is 87.8 Å². The van der Waals surface area contributed by atoms with E-state index < -0.39 is 16.0 Å². The van der Waals surface area contributed by atoms with E-state index in [0.717, 1.165) is 15.4 Å². The molecular weight excluding hydrogens is 390 g/mol. The Morgan fingerprint density at radius 1 is 0.897 bits per heavy atom. The monoisotopic (exact) mass is 407 g/mol. The molecule has 0 aliphatic heterocycles. The van der Waals surface area contributed by atoms with Crippen molar-refractivity contribution in [3.05, 3.63) is 84.6 Å². The van der Waals surface area contributed by atoms with Gasteiger partial charge in [-0.25, -0.2) is 13.2 Å². The third kappa shape index (κ3) is 3.48. The van der Waals surface area contributed by atoms with Gasteiger partial charge < -0.3 is 9.52 Å². The van der Waals surface area contributed by atoms with Crippen molar-refractivity contribution in [1.82, 2.24) is 0 Å². The first-order valence-corrected chi connectivity index (χ1v) is 10.2. The zero-order valence-corrected chi connectivity index (χ0v) is 16.3. The molecule has 6 nitrogen and oxygen atoms in total. The summed E-state index contributed by atoms with van der Waals surface area (Å²) in [6.45, 7) is 0. The average Bonchev–Trinajstić information content (AvgIpc) is 3.18. The van der Waals surface area contributed by atoms with Crippen LogP contribution in [-0.4, -0.2) is 26.5 Å². The highest BCUT2D eigenvalue weighted by Gasteiger charge is 2.22. The van der Waals surface area contributed by atoms with Crippen molar-refractivity contribution in [3.8, 4) is 11.1 Å². The largest absolute Gasteiger partial charge is 0.475 e. The van der Waals surface area contributed by atoms with Crippen molar-refractivity contribution in [1.29, 1.82) is 0 Å². The predicted molar refractivity (Wildman–Crippen MR) is 111 cm³/mol. The summed E-state index contributed by atoms with van der Waals surface area (Å²) in [6.07, 6.45) is 0. The van der Waals surface area contributed by atoms with Crippen LogP contribution in [-0.2, 0) is 10.0 Å². The van der Waals surface area contributed by atoms with Crippen molar-refractivity contribution in [2.75, 3.05) is 11.4 Å². The van der Waals surface area contributed by atoms with Crippen molar-refractivity contribution in [2.45, 2.75) is 4.90 Å². The number of fused-ring (bicyclic) bond motifs is 1. The third-order valence-electron chi connectivity index (χ3n) is 4.69. The fourth-order valence-corrected chi connectivity index (χ4v) is 4.27. The van der Waals surface area contributed by atoms with Gasteiger partial charge in [-0.2, -0.15) is 0 Å². The molecule has 1 aromatic heterocycles. The van der Waals surface area contributed by atoms with Gasteiger partial charge in [0.25, 0.3) is 10.0 Å². The van der Waals surface area contributed by atoms with Gasteiger partial charge in [0.1, 0.15) is 5.58 Å². The molecule has 29 heavy (non-hydrogen) atoms. The molecule has 3 aromatic carbocycles. The van der Waals surface area contributed by atoms with Crippen LogP contribution in [0.25, 0.3) is 22.1 Å². The standard InChI is InChI=1S/C22H17NO5S/c1-23(18-9-12-20-17(13-18)14-21(28-20)22(24)25)29(26,27)19-10-7-16(8-11-19)15-5-3-2-4-6-15/h2-14H,1H3,(H,24,25). The number of nitrogens with zero attached hydrogens (tertiary/aromatic N) is 1. The third-order valence-corrected chi connectivity index (χ3v) is 6.49. The Labute approximate surface area is 167 Å². The highest BCUT2D eigenvalue weighted by molar-refractivity contribution is 7.92. The first-order valence-electron chi connectivity index (χ1n) is 8.77. The Bertz CT molecular complexity index is 1290. The number of carbonyl (C=O) groups is 1. The summed E-state index contributed by atoms with van der Waals surface area (Å²) in [5.74, 6) is -1.37. The van der Waals surface area contributed by atoms with Gasteiger partial charge in [0.2, 0.25) is 5.76 Å². The zero-order chi connectivity index (χ0) is 20.6. The van der Waals surface area contributed by atoms with E-state index in [1.54, 1.807) is 42.5 Å². The van der Waals surface area contributed by atoms with E-state index in [-0.39, 0.29) is 10.7 Å². The van der Waals surface area contributed by atoms with Crippen LogP contribution in [0.3, 0.4) is 0 Å². The Balaban J connectivity index is 1.66. The van der Waals surface area contributed by atoms with Gasteiger partial charge in [-0.05, 0) is 47.5 Å². The first kappa shape index (κ1) is 18.8. The molecule has 0 bridgehead atoms. The number of rotatable bonds is 5. The van der Waals surface area contributed by atoms with Crippen LogP contribution in [0.15, 0.2) is 88.2 Å². The number of hydrogen-bond donors (Lipinski definition) is 1. The van der Waals surface area contributed by atoms with Crippen LogP contribution in [0.5, 0.6) is 0 Å². The van der Waals surface area contributed by atoms with Crippen LogP contribution in [0.2, 0.25) is 0 Å². The lowest BCUT2D eigenvalue weighted by molar-refractivity contribution is 0.0665. The van der Waals surface area contributed by atoms with Gasteiger partial charge in [0.15, 0.2) is 0 Å². The molecule has 0 atom stereocenters. The van der Waals surface area contributed by atoms with E-state index in [0.29, 0.717) is 16.7 Å². The van der Waals surface area contributed by atoms with Crippen molar-refractivity contribution >= 4 is 32.6 Å². The highest BCUT2D eigenvalue weighted by Crippen LogP contribution is 2.29. The fourth-order valence-electron chi connectivity index (χ4n) is 3.08. The van der Waals surface area contributed by atoms with Gasteiger partial charge in [0, 0.05) is 12.4 Å². The number of sulfonamides is 1. The maximum Gasteiger partial charge on any atom is 0.371 e. The molecule has 0 unspecified atom stereocenters. The number of carboxylic acid groups (broad SMARTS) is 1. The maximum atomic E-state index is 13.0. The molecule has 7 heteroatoms. The number of aromatic carboxylic acids is 1. The molecule has 0 radical (unpaired) electrons. The average molecular weight is 407 g/mol.